The molecule has 1 aliphatic rings. The Morgan fingerprint density at radius 1 is 1.56 bits per heavy atom. The SMILES string of the molecule is Cc1ccc2c(c1)C(=O)C(NC(=O)CN)CCO2. The molecule has 0 aromatic heterocycles. The largest absolute Gasteiger partial charge is 0.493 e. The molecule has 1 atom stereocenters. The standard InChI is InChI=1S/C13H16N2O3/c1-8-2-3-11-9(6-8)13(17)10(4-5-18-11)15-12(16)7-14/h2-3,6,10H,4-5,7,14H2,1H3,(H,15,16). The molecule has 3 N–H and O–H groups in total. The van der Waals surface area contributed by atoms with Crippen molar-refractivity contribution >= 4 is 11.7 Å². The molecule has 1 unspecified atom stereocenters. The predicted octanol–water partition coefficient (Wildman–Crippen LogP) is 0.404. The fourth-order valence-electron chi connectivity index (χ4n) is 1.96. The highest BCUT2D eigenvalue weighted by Gasteiger charge is 2.27. The number of Topliss-reactive ketones (excluding diaryl/α,β-unsaturated/α-hetero) is 1. The summed E-state index contributed by atoms with van der Waals surface area (Å²) in [4.78, 5) is 23.6. The maximum absolute atomic E-state index is 12.3. The molecule has 0 aliphatic carbocycles. The fourth-order valence-corrected chi connectivity index (χ4v) is 1.96. The van der Waals surface area contributed by atoms with Crippen LogP contribution in [-0.4, -0.2) is 30.9 Å². The Bertz CT molecular complexity index is 485. The van der Waals surface area contributed by atoms with E-state index in [-0.39, 0.29) is 18.2 Å². The number of amides is 1. The highest BCUT2D eigenvalue weighted by Crippen LogP contribution is 2.25. The monoisotopic (exact) mass is 248 g/mol. The average Bonchev–Trinajstić information content (AvgIpc) is 2.51. The first-order chi connectivity index (χ1) is 8.61. The van der Waals surface area contributed by atoms with Crippen LogP contribution < -0.4 is 15.8 Å². The predicted molar refractivity (Wildman–Crippen MR) is 66.6 cm³/mol. The van der Waals surface area contributed by atoms with Gasteiger partial charge in [-0.2, -0.15) is 0 Å². The van der Waals surface area contributed by atoms with E-state index in [1.54, 1.807) is 12.1 Å². The maximum Gasteiger partial charge on any atom is 0.234 e. The molecule has 0 saturated carbocycles. The minimum Gasteiger partial charge on any atom is -0.493 e. The van der Waals surface area contributed by atoms with Crippen molar-refractivity contribution < 1.29 is 14.3 Å². The summed E-state index contributed by atoms with van der Waals surface area (Å²) < 4.78 is 5.52. The van der Waals surface area contributed by atoms with E-state index in [1.807, 2.05) is 13.0 Å². The molecule has 0 spiro atoms. The second-order valence-corrected chi connectivity index (χ2v) is 4.33. The summed E-state index contributed by atoms with van der Waals surface area (Å²) in [6, 6.07) is 4.91. The first-order valence-electron chi connectivity index (χ1n) is 5.89. The van der Waals surface area contributed by atoms with Gasteiger partial charge in [0, 0.05) is 6.42 Å². The molecular weight excluding hydrogens is 232 g/mol. The van der Waals surface area contributed by atoms with Crippen LogP contribution in [0.25, 0.3) is 0 Å². The molecule has 96 valence electrons. The number of carbonyl (C=O) groups is 2. The number of benzene rings is 1. The molecule has 1 amide bonds. The Balaban J connectivity index is 2.28. The Kier molecular flexibility index (Phi) is 3.62. The summed E-state index contributed by atoms with van der Waals surface area (Å²) in [6.07, 6.45) is 0.457. The van der Waals surface area contributed by atoms with Crippen LogP contribution in [0.3, 0.4) is 0 Å². The highest BCUT2D eigenvalue weighted by atomic mass is 16.5. The lowest BCUT2D eigenvalue weighted by Crippen LogP contribution is -2.43. The van der Waals surface area contributed by atoms with Gasteiger partial charge >= 0.3 is 0 Å². The van der Waals surface area contributed by atoms with Crippen molar-refractivity contribution in [2.45, 2.75) is 19.4 Å². The van der Waals surface area contributed by atoms with Crippen molar-refractivity contribution in [3.63, 3.8) is 0 Å². The van der Waals surface area contributed by atoms with Gasteiger partial charge < -0.3 is 15.8 Å². The number of carbonyl (C=O) groups excluding carboxylic acids is 2. The van der Waals surface area contributed by atoms with Crippen LogP contribution in [0, 0.1) is 6.92 Å². The van der Waals surface area contributed by atoms with Gasteiger partial charge in [-0.25, -0.2) is 0 Å². The molecule has 1 aromatic carbocycles. The van der Waals surface area contributed by atoms with E-state index in [9.17, 15) is 9.59 Å². The minimum absolute atomic E-state index is 0.118. The summed E-state index contributed by atoms with van der Waals surface area (Å²) in [6.45, 7) is 2.19. The van der Waals surface area contributed by atoms with Gasteiger partial charge in [0.2, 0.25) is 5.91 Å². The Labute approximate surface area is 105 Å². The van der Waals surface area contributed by atoms with Crippen LogP contribution in [0.2, 0.25) is 0 Å². The van der Waals surface area contributed by atoms with Crippen molar-refractivity contribution in [3.8, 4) is 5.75 Å². The van der Waals surface area contributed by atoms with Gasteiger partial charge in [0.15, 0.2) is 5.78 Å². The van der Waals surface area contributed by atoms with Crippen LogP contribution in [0.1, 0.15) is 22.3 Å². The van der Waals surface area contributed by atoms with Gasteiger partial charge in [0.1, 0.15) is 5.75 Å². The van der Waals surface area contributed by atoms with E-state index < -0.39 is 6.04 Å². The van der Waals surface area contributed by atoms with E-state index >= 15 is 0 Å². The van der Waals surface area contributed by atoms with Gasteiger partial charge in [0.05, 0.1) is 24.8 Å². The van der Waals surface area contributed by atoms with E-state index in [0.717, 1.165) is 5.56 Å². The minimum atomic E-state index is -0.552. The lowest BCUT2D eigenvalue weighted by atomic mass is 10.0. The lowest BCUT2D eigenvalue weighted by molar-refractivity contribution is -0.120. The van der Waals surface area contributed by atoms with E-state index in [0.29, 0.717) is 24.3 Å². The molecule has 5 nitrogen and oxygen atoms in total. The van der Waals surface area contributed by atoms with Gasteiger partial charge in [-0.3, -0.25) is 9.59 Å². The van der Waals surface area contributed by atoms with Crippen molar-refractivity contribution in [1.29, 1.82) is 0 Å². The fraction of sp³-hybridized carbons (Fsp3) is 0.385. The molecular formula is C13H16N2O3. The molecule has 0 radical (unpaired) electrons. The summed E-state index contributed by atoms with van der Waals surface area (Å²) in [5.41, 5.74) is 6.74. The molecule has 2 rings (SSSR count). The Morgan fingerprint density at radius 3 is 3.06 bits per heavy atom. The second-order valence-electron chi connectivity index (χ2n) is 4.33. The Morgan fingerprint density at radius 2 is 2.33 bits per heavy atom. The molecule has 1 heterocycles. The van der Waals surface area contributed by atoms with E-state index in [2.05, 4.69) is 5.32 Å². The number of nitrogens with one attached hydrogen (secondary N) is 1. The molecule has 1 aliphatic heterocycles. The zero-order chi connectivity index (χ0) is 13.1. The second kappa shape index (κ2) is 5.18. The van der Waals surface area contributed by atoms with Gasteiger partial charge in [-0.1, -0.05) is 11.6 Å². The Hall–Kier alpha value is -1.88. The summed E-state index contributed by atoms with van der Waals surface area (Å²) >= 11 is 0. The zero-order valence-corrected chi connectivity index (χ0v) is 10.2. The number of ether oxygens (including phenoxy) is 1. The third-order valence-electron chi connectivity index (χ3n) is 2.90. The first kappa shape index (κ1) is 12.6. The molecule has 0 fully saturated rings. The van der Waals surface area contributed by atoms with Gasteiger partial charge in [-0.05, 0) is 19.1 Å². The highest BCUT2D eigenvalue weighted by molar-refractivity contribution is 6.04. The smallest absolute Gasteiger partial charge is 0.234 e. The van der Waals surface area contributed by atoms with Crippen molar-refractivity contribution in [1.82, 2.24) is 5.32 Å². The van der Waals surface area contributed by atoms with Crippen LogP contribution in [0.5, 0.6) is 5.75 Å². The summed E-state index contributed by atoms with van der Waals surface area (Å²) in [5, 5.41) is 2.63. The summed E-state index contributed by atoms with van der Waals surface area (Å²) in [7, 11) is 0. The number of hydrogen-bond acceptors (Lipinski definition) is 4. The van der Waals surface area contributed by atoms with Gasteiger partial charge in [0.25, 0.3) is 0 Å². The van der Waals surface area contributed by atoms with Crippen molar-refractivity contribution in [2.75, 3.05) is 13.2 Å². The maximum atomic E-state index is 12.3. The molecule has 0 bridgehead atoms. The topological polar surface area (TPSA) is 81.4 Å². The van der Waals surface area contributed by atoms with Crippen LogP contribution in [0.4, 0.5) is 0 Å². The zero-order valence-electron chi connectivity index (χ0n) is 10.2. The number of hydrogen-bond donors (Lipinski definition) is 2. The number of aryl methyl sites for hydroxylation is 1. The number of nitrogens with two attached hydrogens (primary N) is 1. The average molecular weight is 248 g/mol. The number of ketones is 1. The van der Waals surface area contributed by atoms with E-state index in [1.165, 1.54) is 0 Å². The quantitative estimate of drug-likeness (QED) is 0.794. The van der Waals surface area contributed by atoms with Crippen LogP contribution in [0.15, 0.2) is 18.2 Å². The third-order valence-corrected chi connectivity index (χ3v) is 2.90. The van der Waals surface area contributed by atoms with Crippen molar-refractivity contribution in [3.05, 3.63) is 29.3 Å². The van der Waals surface area contributed by atoms with E-state index in [4.69, 9.17) is 10.5 Å². The van der Waals surface area contributed by atoms with Crippen LogP contribution >= 0.6 is 0 Å². The van der Waals surface area contributed by atoms with Crippen LogP contribution in [-0.2, 0) is 4.79 Å². The molecule has 1 aromatic rings. The van der Waals surface area contributed by atoms with Crippen molar-refractivity contribution in [2.24, 2.45) is 5.73 Å². The number of fused-ring (bicyclic) bond motifs is 1. The van der Waals surface area contributed by atoms with Gasteiger partial charge in [-0.15, -0.1) is 0 Å². The molecule has 0 saturated heterocycles. The summed E-state index contributed by atoms with van der Waals surface area (Å²) in [5.74, 6) is 0.132. The number of rotatable bonds is 2. The third kappa shape index (κ3) is 2.51. The molecule has 5 heteroatoms. The normalized spacial score (nSPS) is 18.6. The lowest BCUT2D eigenvalue weighted by Gasteiger charge is -2.14. The molecule has 18 heavy (non-hydrogen) atoms. The first-order valence-corrected chi connectivity index (χ1v) is 5.89.